The number of nitro groups is 1. The van der Waals surface area contributed by atoms with Crippen LogP contribution < -0.4 is 4.74 Å². The average Bonchev–Trinajstić information content (AvgIpc) is 2.90. The molecule has 0 bridgehead atoms. The van der Waals surface area contributed by atoms with Gasteiger partial charge in [-0.2, -0.15) is 5.10 Å². The van der Waals surface area contributed by atoms with E-state index in [0.29, 0.717) is 11.3 Å². The summed E-state index contributed by atoms with van der Waals surface area (Å²) in [5.41, 5.74) is 0.270. The van der Waals surface area contributed by atoms with E-state index in [9.17, 15) is 14.9 Å². The Bertz CT molecular complexity index is 736. The molecule has 8 nitrogen and oxygen atoms in total. The summed E-state index contributed by atoms with van der Waals surface area (Å²) >= 11 is 0. The lowest BCUT2D eigenvalue weighted by molar-refractivity contribution is -0.385. The Labute approximate surface area is 125 Å². The van der Waals surface area contributed by atoms with Crippen molar-refractivity contribution in [2.45, 2.75) is 0 Å². The monoisotopic (exact) mass is 303 g/mol. The summed E-state index contributed by atoms with van der Waals surface area (Å²) in [5, 5.41) is 15.1. The molecule has 0 aliphatic rings. The number of hydrogen-bond donors (Lipinski definition) is 0. The molecule has 22 heavy (non-hydrogen) atoms. The molecule has 0 atom stereocenters. The summed E-state index contributed by atoms with van der Waals surface area (Å²) in [4.78, 5) is 21.6. The van der Waals surface area contributed by atoms with Crippen molar-refractivity contribution in [1.82, 2.24) is 9.78 Å². The first-order chi connectivity index (χ1) is 10.5. The van der Waals surface area contributed by atoms with Gasteiger partial charge in [0, 0.05) is 19.2 Å². The molecule has 0 fully saturated rings. The summed E-state index contributed by atoms with van der Waals surface area (Å²) < 4.78 is 11.4. The number of nitro benzene ring substituents is 1. The van der Waals surface area contributed by atoms with E-state index < -0.39 is 10.9 Å². The van der Waals surface area contributed by atoms with Gasteiger partial charge in [-0.1, -0.05) is 6.07 Å². The Morgan fingerprint density at radius 3 is 2.82 bits per heavy atom. The summed E-state index contributed by atoms with van der Waals surface area (Å²) in [5.74, 6) is -0.0602. The number of aryl methyl sites for hydroxylation is 1. The number of nitrogens with zero attached hydrogens (tertiary/aromatic N) is 3. The number of carbonyl (C=O) groups excluding carboxylic acids is 1. The molecule has 0 aliphatic carbocycles. The van der Waals surface area contributed by atoms with E-state index in [2.05, 4.69) is 9.84 Å². The van der Waals surface area contributed by atoms with E-state index in [-0.39, 0.29) is 11.4 Å². The number of benzene rings is 1. The van der Waals surface area contributed by atoms with Crippen LogP contribution in [-0.4, -0.2) is 27.8 Å². The average molecular weight is 303 g/mol. The largest absolute Gasteiger partial charge is 0.466 e. The Morgan fingerprint density at radius 2 is 2.23 bits per heavy atom. The zero-order valence-corrected chi connectivity index (χ0v) is 11.9. The molecule has 0 N–H and O–H groups in total. The van der Waals surface area contributed by atoms with Gasteiger partial charge < -0.3 is 9.47 Å². The minimum atomic E-state index is -0.554. The first kappa shape index (κ1) is 15.2. The number of rotatable bonds is 5. The van der Waals surface area contributed by atoms with E-state index in [1.165, 1.54) is 42.3 Å². The van der Waals surface area contributed by atoms with Gasteiger partial charge >= 0.3 is 11.7 Å². The van der Waals surface area contributed by atoms with Gasteiger partial charge in [-0.3, -0.25) is 14.8 Å². The van der Waals surface area contributed by atoms with E-state index in [4.69, 9.17) is 4.74 Å². The first-order valence-corrected chi connectivity index (χ1v) is 6.20. The summed E-state index contributed by atoms with van der Waals surface area (Å²) in [6, 6.07) is 4.37. The van der Waals surface area contributed by atoms with Crippen LogP contribution >= 0.6 is 0 Å². The molecule has 2 aromatic rings. The molecular weight excluding hydrogens is 290 g/mol. The van der Waals surface area contributed by atoms with E-state index in [1.807, 2.05) is 0 Å². The molecule has 1 aromatic heterocycles. The molecule has 1 aromatic carbocycles. The van der Waals surface area contributed by atoms with Crippen molar-refractivity contribution in [1.29, 1.82) is 0 Å². The minimum Gasteiger partial charge on any atom is -0.466 e. The van der Waals surface area contributed by atoms with Crippen molar-refractivity contribution < 1.29 is 19.2 Å². The molecule has 114 valence electrons. The Morgan fingerprint density at radius 1 is 1.45 bits per heavy atom. The Kier molecular flexibility index (Phi) is 4.52. The van der Waals surface area contributed by atoms with Gasteiger partial charge in [-0.15, -0.1) is 0 Å². The molecule has 0 aliphatic heterocycles. The summed E-state index contributed by atoms with van der Waals surface area (Å²) in [6.07, 6.45) is 5.65. The highest BCUT2D eigenvalue weighted by Crippen LogP contribution is 2.32. The van der Waals surface area contributed by atoms with Crippen LogP contribution in [0.4, 0.5) is 5.69 Å². The van der Waals surface area contributed by atoms with Gasteiger partial charge in [0.1, 0.15) is 0 Å². The second-order valence-electron chi connectivity index (χ2n) is 4.29. The lowest BCUT2D eigenvalue weighted by atomic mass is 10.1. The maximum atomic E-state index is 11.2. The molecule has 1 heterocycles. The van der Waals surface area contributed by atoms with Crippen LogP contribution in [0.1, 0.15) is 5.56 Å². The van der Waals surface area contributed by atoms with Gasteiger partial charge in [0.2, 0.25) is 5.75 Å². The zero-order valence-electron chi connectivity index (χ0n) is 11.9. The van der Waals surface area contributed by atoms with Gasteiger partial charge in [0.15, 0.2) is 5.75 Å². The summed E-state index contributed by atoms with van der Waals surface area (Å²) in [6.45, 7) is 0. The lowest BCUT2D eigenvalue weighted by Crippen LogP contribution is -1.95. The van der Waals surface area contributed by atoms with Crippen molar-refractivity contribution in [3.05, 3.63) is 52.3 Å². The Hall–Kier alpha value is -3.16. The van der Waals surface area contributed by atoms with Crippen molar-refractivity contribution in [3.8, 4) is 11.5 Å². The number of methoxy groups -OCH3 is 1. The predicted molar refractivity (Wildman–Crippen MR) is 77.4 cm³/mol. The number of esters is 1. The molecule has 0 unspecified atom stereocenters. The molecule has 0 saturated heterocycles. The first-order valence-electron chi connectivity index (χ1n) is 6.20. The van der Waals surface area contributed by atoms with Crippen LogP contribution in [-0.2, 0) is 16.6 Å². The number of carbonyl (C=O) groups is 1. The molecule has 0 spiro atoms. The van der Waals surface area contributed by atoms with Crippen molar-refractivity contribution in [2.75, 3.05) is 7.11 Å². The number of aromatic nitrogens is 2. The van der Waals surface area contributed by atoms with Crippen LogP contribution in [0.25, 0.3) is 6.08 Å². The second-order valence-corrected chi connectivity index (χ2v) is 4.29. The van der Waals surface area contributed by atoms with Gasteiger partial charge in [-0.25, -0.2) is 4.79 Å². The van der Waals surface area contributed by atoms with Crippen LogP contribution in [0.15, 0.2) is 36.7 Å². The van der Waals surface area contributed by atoms with Crippen molar-refractivity contribution in [3.63, 3.8) is 0 Å². The molecule has 0 saturated carbocycles. The SMILES string of the molecule is COC(=O)/C=C/c1ccc(Oc2cnn(C)c2)c([N+](=O)[O-])c1. The normalized spacial score (nSPS) is 10.6. The third-order valence-electron chi connectivity index (χ3n) is 2.70. The topological polar surface area (TPSA) is 96.5 Å². The van der Waals surface area contributed by atoms with Gasteiger partial charge in [0.05, 0.1) is 24.4 Å². The lowest BCUT2D eigenvalue weighted by Gasteiger charge is -2.04. The van der Waals surface area contributed by atoms with Crippen LogP contribution in [0.3, 0.4) is 0 Å². The third-order valence-corrected chi connectivity index (χ3v) is 2.70. The maximum Gasteiger partial charge on any atom is 0.330 e. The quantitative estimate of drug-likeness (QED) is 0.364. The highest BCUT2D eigenvalue weighted by Gasteiger charge is 2.16. The highest BCUT2D eigenvalue weighted by atomic mass is 16.6. The minimum absolute atomic E-state index is 0.0909. The molecule has 0 radical (unpaired) electrons. The fourth-order valence-electron chi connectivity index (χ4n) is 1.68. The van der Waals surface area contributed by atoms with Crippen LogP contribution in [0.5, 0.6) is 11.5 Å². The van der Waals surface area contributed by atoms with E-state index >= 15 is 0 Å². The number of hydrogen-bond acceptors (Lipinski definition) is 6. The third kappa shape index (κ3) is 3.69. The molecule has 8 heteroatoms. The fraction of sp³-hybridized carbons (Fsp3) is 0.143. The standard InChI is InChI=1S/C14H13N3O5/c1-16-9-11(8-15-16)22-13-5-3-10(4-6-14(18)21-2)7-12(13)17(19)20/h3-9H,1-2H3/b6-4+. The Balaban J connectivity index is 2.29. The van der Waals surface area contributed by atoms with Crippen LogP contribution in [0, 0.1) is 10.1 Å². The van der Waals surface area contributed by atoms with Crippen molar-refractivity contribution in [2.24, 2.45) is 7.05 Å². The van der Waals surface area contributed by atoms with Crippen molar-refractivity contribution >= 4 is 17.7 Å². The number of ether oxygens (including phenoxy) is 2. The van der Waals surface area contributed by atoms with Gasteiger partial charge in [0.25, 0.3) is 0 Å². The van der Waals surface area contributed by atoms with E-state index in [1.54, 1.807) is 19.3 Å². The highest BCUT2D eigenvalue weighted by molar-refractivity contribution is 5.87. The predicted octanol–water partition coefficient (Wildman–Crippen LogP) is 2.31. The van der Waals surface area contributed by atoms with E-state index in [0.717, 1.165) is 0 Å². The smallest absolute Gasteiger partial charge is 0.330 e. The molecule has 0 amide bonds. The summed E-state index contributed by atoms with van der Waals surface area (Å²) in [7, 11) is 2.96. The van der Waals surface area contributed by atoms with Crippen LogP contribution in [0.2, 0.25) is 0 Å². The fourth-order valence-corrected chi connectivity index (χ4v) is 1.68. The zero-order chi connectivity index (χ0) is 16.1. The second kappa shape index (κ2) is 6.53. The molecule has 2 rings (SSSR count). The van der Waals surface area contributed by atoms with Gasteiger partial charge in [-0.05, 0) is 17.7 Å². The molecular formula is C14H13N3O5. The maximum absolute atomic E-state index is 11.2.